The highest BCUT2D eigenvalue weighted by atomic mass is 16.5. The van der Waals surface area contributed by atoms with Gasteiger partial charge in [-0.1, -0.05) is 206 Å². The number of carbonyl (C=O) groups is 2. The molecule has 0 rings (SSSR count). The van der Waals surface area contributed by atoms with Gasteiger partial charge in [0.05, 0.1) is 0 Å². The molecule has 0 bridgehead atoms. The molecule has 0 fully saturated rings. The summed E-state index contributed by atoms with van der Waals surface area (Å²) in [6.07, 6.45) is 45.6. The SMILES string of the molecule is CCCCCCCCCCCCCCCCCCCCCC(=O)OC(CCCCCCCCCCCCCCC)CCCC(=O)O. The van der Waals surface area contributed by atoms with Gasteiger partial charge in [0, 0.05) is 12.8 Å². The van der Waals surface area contributed by atoms with E-state index in [0.717, 1.165) is 25.7 Å². The Hall–Kier alpha value is -1.06. The summed E-state index contributed by atoms with van der Waals surface area (Å²) in [4.78, 5) is 23.5. The van der Waals surface area contributed by atoms with Gasteiger partial charge in [-0.2, -0.15) is 0 Å². The molecule has 0 amide bonds. The maximum Gasteiger partial charge on any atom is 0.306 e. The Labute approximate surface area is 288 Å². The van der Waals surface area contributed by atoms with E-state index in [4.69, 9.17) is 9.84 Å². The zero-order valence-corrected chi connectivity index (χ0v) is 31.4. The van der Waals surface area contributed by atoms with E-state index in [1.54, 1.807) is 0 Å². The topological polar surface area (TPSA) is 63.6 Å². The Kier molecular flexibility index (Phi) is 37.5. The Morgan fingerprint density at radius 3 is 1.00 bits per heavy atom. The van der Waals surface area contributed by atoms with E-state index in [1.807, 2.05) is 0 Å². The number of unbranched alkanes of at least 4 members (excludes halogenated alkanes) is 30. The third-order valence-corrected chi connectivity index (χ3v) is 9.83. The molecule has 0 radical (unpaired) electrons. The van der Waals surface area contributed by atoms with Crippen LogP contribution in [0.4, 0.5) is 0 Å². The predicted octanol–water partition coefficient (Wildman–Crippen LogP) is 14.5. The van der Waals surface area contributed by atoms with Crippen molar-refractivity contribution in [2.75, 3.05) is 0 Å². The minimum atomic E-state index is -0.764. The number of hydrogen-bond acceptors (Lipinski definition) is 3. The number of aliphatic carboxylic acids is 1. The fourth-order valence-corrected chi connectivity index (χ4v) is 6.73. The summed E-state index contributed by atoms with van der Waals surface area (Å²) < 4.78 is 5.84. The number of hydrogen-bond donors (Lipinski definition) is 1. The van der Waals surface area contributed by atoms with E-state index in [1.165, 1.54) is 186 Å². The third kappa shape index (κ3) is 37.4. The first-order valence-corrected chi connectivity index (χ1v) is 21.0. The van der Waals surface area contributed by atoms with Crippen LogP contribution in [0.1, 0.15) is 251 Å². The van der Waals surface area contributed by atoms with E-state index in [-0.39, 0.29) is 18.5 Å². The van der Waals surface area contributed by atoms with E-state index in [0.29, 0.717) is 19.3 Å². The summed E-state index contributed by atoms with van der Waals surface area (Å²) in [6.45, 7) is 4.56. The Morgan fingerprint density at radius 2 is 0.674 bits per heavy atom. The van der Waals surface area contributed by atoms with Gasteiger partial charge >= 0.3 is 11.9 Å². The molecule has 0 spiro atoms. The third-order valence-electron chi connectivity index (χ3n) is 9.83. The van der Waals surface area contributed by atoms with Crippen molar-refractivity contribution in [1.29, 1.82) is 0 Å². The van der Waals surface area contributed by atoms with Crippen LogP contribution in [0.5, 0.6) is 0 Å². The van der Waals surface area contributed by atoms with Crippen molar-refractivity contribution in [2.45, 2.75) is 258 Å². The van der Waals surface area contributed by atoms with Crippen LogP contribution in [-0.4, -0.2) is 23.1 Å². The van der Waals surface area contributed by atoms with Gasteiger partial charge in [0.25, 0.3) is 0 Å². The molecule has 4 heteroatoms. The second-order valence-electron chi connectivity index (χ2n) is 14.5. The lowest BCUT2D eigenvalue weighted by Gasteiger charge is -2.18. The molecule has 1 unspecified atom stereocenters. The number of ether oxygens (including phenoxy) is 1. The highest BCUT2D eigenvalue weighted by Gasteiger charge is 2.15. The van der Waals surface area contributed by atoms with Crippen LogP contribution in [0, 0.1) is 0 Å². The quantitative estimate of drug-likeness (QED) is 0.0531. The number of rotatable bonds is 39. The minimum absolute atomic E-state index is 0.0815. The largest absolute Gasteiger partial charge is 0.481 e. The van der Waals surface area contributed by atoms with Gasteiger partial charge in [0.15, 0.2) is 0 Å². The minimum Gasteiger partial charge on any atom is -0.481 e. The first-order valence-electron chi connectivity index (χ1n) is 21.0. The molecule has 0 aliphatic rings. The lowest BCUT2D eigenvalue weighted by atomic mass is 10.0. The van der Waals surface area contributed by atoms with Crippen molar-refractivity contribution < 1.29 is 19.4 Å². The molecular weight excluding hydrogens is 568 g/mol. The highest BCUT2D eigenvalue weighted by molar-refractivity contribution is 5.69. The summed E-state index contributed by atoms with van der Waals surface area (Å²) >= 11 is 0. The molecule has 0 saturated carbocycles. The maximum atomic E-state index is 12.5. The Bertz CT molecular complexity index is 619. The molecule has 1 N–H and O–H groups in total. The molecule has 0 aliphatic heterocycles. The average Bonchev–Trinajstić information content (AvgIpc) is 3.04. The Morgan fingerprint density at radius 1 is 0.391 bits per heavy atom. The Balaban J connectivity index is 3.70. The standard InChI is InChI=1S/C42H82O4/c1-3-5-7-9-11-13-15-17-18-19-20-21-22-24-26-28-30-32-34-39-42(45)46-40(37-35-38-41(43)44)36-33-31-29-27-25-23-16-14-12-10-8-6-4-2/h40H,3-39H2,1-2H3,(H,43,44). The van der Waals surface area contributed by atoms with Gasteiger partial charge in [-0.15, -0.1) is 0 Å². The van der Waals surface area contributed by atoms with Crippen molar-refractivity contribution in [3.8, 4) is 0 Å². The molecule has 4 nitrogen and oxygen atoms in total. The summed E-state index contributed by atoms with van der Waals surface area (Å²) in [5.74, 6) is -0.845. The normalized spacial score (nSPS) is 12.0. The van der Waals surface area contributed by atoms with Crippen LogP contribution in [0.25, 0.3) is 0 Å². The van der Waals surface area contributed by atoms with Crippen molar-refractivity contribution in [3.63, 3.8) is 0 Å². The van der Waals surface area contributed by atoms with Gasteiger partial charge < -0.3 is 9.84 Å². The van der Waals surface area contributed by atoms with Crippen molar-refractivity contribution in [2.24, 2.45) is 0 Å². The number of esters is 1. The monoisotopic (exact) mass is 651 g/mol. The second-order valence-corrected chi connectivity index (χ2v) is 14.5. The lowest BCUT2D eigenvalue weighted by Crippen LogP contribution is -2.18. The molecule has 0 aromatic rings. The first-order chi connectivity index (χ1) is 22.6. The molecule has 1 atom stereocenters. The molecule has 0 heterocycles. The van der Waals surface area contributed by atoms with Crippen LogP contribution in [0.2, 0.25) is 0 Å². The van der Waals surface area contributed by atoms with Gasteiger partial charge in [0.1, 0.15) is 6.10 Å². The fourth-order valence-electron chi connectivity index (χ4n) is 6.73. The first kappa shape index (κ1) is 44.9. The summed E-state index contributed by atoms with van der Waals surface area (Å²) in [6, 6.07) is 0. The predicted molar refractivity (Wildman–Crippen MR) is 200 cm³/mol. The summed E-state index contributed by atoms with van der Waals surface area (Å²) in [7, 11) is 0. The van der Waals surface area contributed by atoms with Crippen LogP contribution in [0.3, 0.4) is 0 Å². The molecule has 0 saturated heterocycles. The zero-order chi connectivity index (χ0) is 33.6. The molecule has 274 valence electrons. The zero-order valence-electron chi connectivity index (χ0n) is 31.4. The number of carboxylic acids is 1. The molecule has 46 heavy (non-hydrogen) atoms. The summed E-state index contributed by atoms with van der Waals surface area (Å²) in [5.41, 5.74) is 0. The highest BCUT2D eigenvalue weighted by Crippen LogP contribution is 2.19. The van der Waals surface area contributed by atoms with Crippen LogP contribution >= 0.6 is 0 Å². The van der Waals surface area contributed by atoms with Crippen molar-refractivity contribution in [3.05, 3.63) is 0 Å². The second kappa shape index (κ2) is 38.4. The molecular formula is C42H82O4. The van der Waals surface area contributed by atoms with Gasteiger partial charge in [-0.3, -0.25) is 9.59 Å². The van der Waals surface area contributed by atoms with Crippen LogP contribution in [-0.2, 0) is 14.3 Å². The van der Waals surface area contributed by atoms with Gasteiger partial charge in [0.2, 0.25) is 0 Å². The maximum absolute atomic E-state index is 12.5. The molecule has 0 aromatic heterocycles. The van der Waals surface area contributed by atoms with Crippen LogP contribution in [0.15, 0.2) is 0 Å². The van der Waals surface area contributed by atoms with Crippen LogP contribution < -0.4 is 0 Å². The lowest BCUT2D eigenvalue weighted by molar-refractivity contribution is -0.150. The van der Waals surface area contributed by atoms with Crippen molar-refractivity contribution in [1.82, 2.24) is 0 Å². The number of carbonyl (C=O) groups excluding carboxylic acids is 1. The van der Waals surface area contributed by atoms with E-state index in [9.17, 15) is 9.59 Å². The van der Waals surface area contributed by atoms with Crippen molar-refractivity contribution >= 4 is 11.9 Å². The molecule has 0 aromatic carbocycles. The van der Waals surface area contributed by atoms with Gasteiger partial charge in [-0.25, -0.2) is 0 Å². The van der Waals surface area contributed by atoms with Gasteiger partial charge in [-0.05, 0) is 32.1 Å². The smallest absolute Gasteiger partial charge is 0.306 e. The molecule has 0 aliphatic carbocycles. The number of carboxylic acid groups (broad SMARTS) is 1. The summed E-state index contributed by atoms with van der Waals surface area (Å²) in [5, 5.41) is 9.03. The fraction of sp³-hybridized carbons (Fsp3) is 0.952. The average molecular weight is 651 g/mol. The van der Waals surface area contributed by atoms with E-state index < -0.39 is 5.97 Å². The van der Waals surface area contributed by atoms with E-state index in [2.05, 4.69) is 13.8 Å². The van der Waals surface area contributed by atoms with E-state index >= 15 is 0 Å².